The first-order chi connectivity index (χ1) is 11.2. The largest absolute Gasteiger partial charge is 0.497 e. The highest BCUT2D eigenvalue weighted by atomic mass is 32.2. The summed E-state index contributed by atoms with van der Waals surface area (Å²) in [5.41, 5.74) is 0.818. The third-order valence-corrected chi connectivity index (χ3v) is 4.36. The van der Waals surface area contributed by atoms with E-state index in [4.69, 9.17) is 4.74 Å². The maximum absolute atomic E-state index is 12.0. The molecule has 0 unspecified atom stereocenters. The number of tetrazole rings is 1. The molecule has 0 radical (unpaired) electrons. The van der Waals surface area contributed by atoms with Crippen molar-refractivity contribution in [1.82, 2.24) is 25.5 Å². The number of nitrogens with zero attached hydrogens (tertiary/aromatic N) is 4. The summed E-state index contributed by atoms with van der Waals surface area (Å²) in [7, 11) is 1.62. The minimum atomic E-state index is -0.00650. The molecule has 0 aliphatic carbocycles. The maximum Gasteiger partial charge on any atom is 0.230 e. The number of thioether (sulfide) groups is 1. The van der Waals surface area contributed by atoms with Crippen LogP contribution in [-0.4, -0.2) is 45.0 Å². The third-order valence-electron chi connectivity index (χ3n) is 3.44. The van der Waals surface area contributed by atoms with E-state index in [1.165, 1.54) is 11.8 Å². The maximum atomic E-state index is 12.0. The minimum Gasteiger partial charge on any atom is -0.497 e. The molecule has 0 fully saturated rings. The zero-order chi connectivity index (χ0) is 16.7. The molecular formula is C15H21N5O2S. The van der Waals surface area contributed by atoms with Crippen molar-refractivity contribution < 1.29 is 9.53 Å². The van der Waals surface area contributed by atoms with Crippen LogP contribution in [0.25, 0.3) is 5.69 Å². The SMILES string of the molecule is CCC(CC)NC(=O)CSc1nnnn1-c1ccc(OC)cc1. The van der Waals surface area contributed by atoms with Crippen LogP contribution >= 0.6 is 11.8 Å². The Morgan fingerprint density at radius 2 is 2.00 bits per heavy atom. The molecule has 0 atom stereocenters. The third kappa shape index (κ3) is 4.69. The fourth-order valence-electron chi connectivity index (χ4n) is 2.05. The first kappa shape index (κ1) is 17.3. The van der Waals surface area contributed by atoms with Crippen LogP contribution in [0, 0.1) is 0 Å². The van der Waals surface area contributed by atoms with E-state index in [9.17, 15) is 4.79 Å². The summed E-state index contributed by atoms with van der Waals surface area (Å²) < 4.78 is 6.74. The summed E-state index contributed by atoms with van der Waals surface area (Å²) in [6.45, 7) is 4.12. The van der Waals surface area contributed by atoms with E-state index in [2.05, 4.69) is 34.7 Å². The molecule has 1 N–H and O–H groups in total. The van der Waals surface area contributed by atoms with Gasteiger partial charge in [0.15, 0.2) is 0 Å². The van der Waals surface area contributed by atoms with Crippen LogP contribution in [0.1, 0.15) is 26.7 Å². The van der Waals surface area contributed by atoms with Crippen molar-refractivity contribution >= 4 is 17.7 Å². The number of carbonyl (C=O) groups excluding carboxylic acids is 1. The average molecular weight is 335 g/mol. The van der Waals surface area contributed by atoms with E-state index in [0.717, 1.165) is 24.3 Å². The van der Waals surface area contributed by atoms with Crippen molar-refractivity contribution in [3.8, 4) is 11.4 Å². The summed E-state index contributed by atoms with van der Waals surface area (Å²) in [6, 6.07) is 7.63. The van der Waals surface area contributed by atoms with Crippen molar-refractivity contribution in [1.29, 1.82) is 0 Å². The lowest BCUT2D eigenvalue weighted by Gasteiger charge is -2.14. The lowest BCUT2D eigenvalue weighted by Crippen LogP contribution is -2.35. The standard InChI is InChI=1S/C15H21N5O2S/c1-4-11(5-2)16-14(21)10-23-15-17-18-19-20(15)12-6-8-13(22-3)9-7-12/h6-9,11H,4-5,10H2,1-3H3,(H,16,21). The van der Waals surface area contributed by atoms with E-state index in [-0.39, 0.29) is 17.7 Å². The van der Waals surface area contributed by atoms with Gasteiger partial charge in [-0.15, -0.1) is 5.10 Å². The summed E-state index contributed by atoms with van der Waals surface area (Å²) in [5.74, 6) is 1.04. The van der Waals surface area contributed by atoms with Crippen LogP contribution in [0.5, 0.6) is 5.75 Å². The van der Waals surface area contributed by atoms with Crippen molar-refractivity contribution in [3.63, 3.8) is 0 Å². The molecule has 2 aromatic rings. The Labute approximate surface area is 139 Å². The van der Waals surface area contributed by atoms with Gasteiger partial charge in [0.2, 0.25) is 11.1 Å². The van der Waals surface area contributed by atoms with Gasteiger partial charge in [0.1, 0.15) is 5.75 Å². The Balaban J connectivity index is 1.99. The number of benzene rings is 1. The Kier molecular flexibility index (Phi) is 6.40. The molecule has 1 aromatic heterocycles. The molecule has 0 saturated heterocycles. The predicted molar refractivity (Wildman–Crippen MR) is 88.9 cm³/mol. The Hall–Kier alpha value is -2.09. The molecule has 0 aliphatic heterocycles. The Bertz CT molecular complexity index is 625. The van der Waals surface area contributed by atoms with Gasteiger partial charge in [0.05, 0.1) is 18.6 Å². The number of aromatic nitrogens is 4. The smallest absolute Gasteiger partial charge is 0.230 e. The average Bonchev–Trinajstić information content (AvgIpc) is 3.06. The normalized spacial score (nSPS) is 10.8. The van der Waals surface area contributed by atoms with Crippen LogP contribution in [0.2, 0.25) is 0 Å². The topological polar surface area (TPSA) is 81.9 Å². The number of hydrogen-bond donors (Lipinski definition) is 1. The van der Waals surface area contributed by atoms with E-state index in [0.29, 0.717) is 5.16 Å². The second kappa shape index (κ2) is 8.52. The number of amides is 1. The zero-order valence-electron chi connectivity index (χ0n) is 13.5. The highest BCUT2D eigenvalue weighted by molar-refractivity contribution is 7.99. The van der Waals surface area contributed by atoms with Crippen LogP contribution in [0.3, 0.4) is 0 Å². The Morgan fingerprint density at radius 1 is 1.30 bits per heavy atom. The van der Waals surface area contributed by atoms with E-state index in [1.807, 2.05) is 24.3 Å². The lowest BCUT2D eigenvalue weighted by molar-refractivity contribution is -0.119. The quantitative estimate of drug-likeness (QED) is 0.744. The second-order valence-corrected chi connectivity index (χ2v) is 5.88. The van der Waals surface area contributed by atoms with Gasteiger partial charge in [-0.1, -0.05) is 25.6 Å². The van der Waals surface area contributed by atoms with Crippen LogP contribution in [0.4, 0.5) is 0 Å². The molecule has 0 aliphatic rings. The van der Waals surface area contributed by atoms with Gasteiger partial charge in [-0.05, 0) is 47.5 Å². The molecule has 0 bridgehead atoms. The van der Waals surface area contributed by atoms with E-state index in [1.54, 1.807) is 11.8 Å². The van der Waals surface area contributed by atoms with Gasteiger partial charge in [-0.3, -0.25) is 4.79 Å². The molecule has 2 rings (SSSR count). The van der Waals surface area contributed by atoms with Gasteiger partial charge in [0.25, 0.3) is 0 Å². The van der Waals surface area contributed by atoms with Gasteiger partial charge < -0.3 is 10.1 Å². The summed E-state index contributed by atoms with van der Waals surface area (Å²) in [4.78, 5) is 12.0. The molecule has 1 heterocycles. The molecule has 0 spiro atoms. The van der Waals surface area contributed by atoms with E-state index >= 15 is 0 Å². The van der Waals surface area contributed by atoms with Crippen LogP contribution < -0.4 is 10.1 Å². The highest BCUT2D eigenvalue weighted by Crippen LogP contribution is 2.20. The van der Waals surface area contributed by atoms with Crippen molar-refractivity contribution in [2.75, 3.05) is 12.9 Å². The molecule has 124 valence electrons. The molecule has 1 amide bonds. The molecule has 8 heteroatoms. The van der Waals surface area contributed by atoms with Crippen molar-refractivity contribution in [2.24, 2.45) is 0 Å². The first-order valence-corrected chi connectivity index (χ1v) is 8.51. The number of carbonyl (C=O) groups is 1. The number of rotatable bonds is 8. The lowest BCUT2D eigenvalue weighted by atomic mass is 10.2. The number of hydrogen-bond acceptors (Lipinski definition) is 6. The summed E-state index contributed by atoms with van der Waals surface area (Å²) in [6.07, 6.45) is 1.85. The fourth-order valence-corrected chi connectivity index (χ4v) is 2.75. The van der Waals surface area contributed by atoms with E-state index < -0.39 is 0 Å². The second-order valence-electron chi connectivity index (χ2n) is 4.94. The van der Waals surface area contributed by atoms with Crippen LogP contribution in [0.15, 0.2) is 29.4 Å². The van der Waals surface area contributed by atoms with Gasteiger partial charge in [-0.25, -0.2) is 0 Å². The zero-order valence-corrected chi connectivity index (χ0v) is 14.3. The highest BCUT2D eigenvalue weighted by Gasteiger charge is 2.13. The van der Waals surface area contributed by atoms with Crippen molar-refractivity contribution in [2.45, 2.75) is 37.9 Å². The molecule has 7 nitrogen and oxygen atoms in total. The van der Waals surface area contributed by atoms with Crippen LogP contribution in [-0.2, 0) is 4.79 Å². The Morgan fingerprint density at radius 3 is 2.61 bits per heavy atom. The fraction of sp³-hybridized carbons (Fsp3) is 0.467. The van der Waals surface area contributed by atoms with Gasteiger partial charge >= 0.3 is 0 Å². The molecule has 23 heavy (non-hydrogen) atoms. The van der Waals surface area contributed by atoms with Crippen molar-refractivity contribution in [3.05, 3.63) is 24.3 Å². The van der Waals surface area contributed by atoms with Gasteiger partial charge in [0, 0.05) is 6.04 Å². The monoisotopic (exact) mass is 335 g/mol. The molecular weight excluding hydrogens is 314 g/mol. The number of methoxy groups -OCH3 is 1. The predicted octanol–water partition coefficient (Wildman–Crippen LogP) is 2.07. The van der Waals surface area contributed by atoms with Gasteiger partial charge in [-0.2, -0.15) is 4.68 Å². The first-order valence-electron chi connectivity index (χ1n) is 7.52. The minimum absolute atomic E-state index is 0.00650. The molecule has 1 aromatic carbocycles. The number of ether oxygens (including phenoxy) is 1. The molecule has 0 saturated carbocycles. The summed E-state index contributed by atoms with van der Waals surface area (Å²) >= 11 is 1.31. The number of nitrogens with one attached hydrogen (secondary N) is 1. The summed E-state index contributed by atoms with van der Waals surface area (Å²) in [5, 5.41) is 15.2.